The van der Waals surface area contributed by atoms with Crippen LogP contribution >= 0.6 is 52.3 Å². The molecule has 0 fully saturated rings. The molecule has 0 amide bonds. The first kappa shape index (κ1) is 44.9. The fourth-order valence-electron chi connectivity index (χ4n) is 2.63. The van der Waals surface area contributed by atoms with Crippen LogP contribution in [-0.4, -0.2) is 71.4 Å². The van der Waals surface area contributed by atoms with Gasteiger partial charge in [0.25, 0.3) is 0 Å². The van der Waals surface area contributed by atoms with Gasteiger partial charge in [-0.2, -0.15) is 0 Å². The number of ether oxygens (including phenoxy) is 3. The van der Waals surface area contributed by atoms with E-state index in [0.717, 1.165) is 16.1 Å². The zero-order valence-electron chi connectivity index (χ0n) is 26.4. The summed E-state index contributed by atoms with van der Waals surface area (Å²) in [7, 11) is 4.34. The number of rotatable bonds is 9. The molecule has 0 saturated carbocycles. The number of nitrogens with zero attached hydrogens (tertiary/aromatic N) is 2. The first-order chi connectivity index (χ1) is 21.9. The molecule has 249 valence electrons. The van der Waals surface area contributed by atoms with Gasteiger partial charge in [0.15, 0.2) is 0 Å². The number of thiazole rings is 1. The second kappa shape index (κ2) is 29.2. The Labute approximate surface area is 295 Å². The Morgan fingerprint density at radius 1 is 1.04 bits per heavy atom. The van der Waals surface area contributed by atoms with Gasteiger partial charge in [0.05, 0.1) is 32.1 Å². The van der Waals surface area contributed by atoms with Crippen molar-refractivity contribution in [2.45, 2.75) is 45.5 Å². The number of benzene rings is 2. The first-order valence-corrected chi connectivity index (χ1v) is 16.3. The van der Waals surface area contributed by atoms with Gasteiger partial charge in [0, 0.05) is 17.2 Å². The quantitative estimate of drug-likeness (QED) is 0.0432. The fourth-order valence-corrected chi connectivity index (χ4v) is 3.72. The van der Waals surface area contributed by atoms with E-state index in [1.807, 2.05) is 60.7 Å². The molecule has 2 unspecified atom stereocenters. The number of carbonyl (C=O) groups is 3. The Bertz CT molecular complexity index is 1310. The van der Waals surface area contributed by atoms with Gasteiger partial charge in [-0.15, -0.1) is 11.3 Å². The SMILES string of the molecule is C/C=C/C(=O)OCC.CCOC(=O)C(Br)C(C)O.CCOC(=O)c1cnc(-c2ccccc2)s1.NC(=S)c1ccccc1.[B]=NS. The molecule has 0 aliphatic heterocycles. The van der Waals surface area contributed by atoms with E-state index < -0.39 is 16.9 Å². The van der Waals surface area contributed by atoms with Gasteiger partial charge in [-0.05, 0) is 34.6 Å². The first-order valence-electron chi connectivity index (χ1n) is 13.8. The zero-order valence-corrected chi connectivity index (χ0v) is 30.5. The normalized spacial score (nSPS) is 10.7. The van der Waals surface area contributed by atoms with E-state index in [-0.39, 0.29) is 11.9 Å². The van der Waals surface area contributed by atoms with Gasteiger partial charge in [0.1, 0.15) is 19.7 Å². The van der Waals surface area contributed by atoms with Gasteiger partial charge in [-0.3, -0.25) is 4.79 Å². The topological polar surface area (TPSA) is 150 Å². The molecule has 10 nitrogen and oxygen atoms in total. The van der Waals surface area contributed by atoms with Gasteiger partial charge in [-0.1, -0.05) is 94.9 Å². The number of alkyl halides is 1. The van der Waals surface area contributed by atoms with E-state index >= 15 is 0 Å². The van der Waals surface area contributed by atoms with Crippen molar-refractivity contribution in [3.05, 3.63) is 89.5 Å². The van der Waals surface area contributed by atoms with Gasteiger partial charge in [0.2, 0.25) is 0 Å². The van der Waals surface area contributed by atoms with Crippen LogP contribution in [0.25, 0.3) is 10.6 Å². The number of carbonyl (C=O) groups excluding carboxylic acids is 3. The zero-order chi connectivity index (χ0) is 35.3. The van der Waals surface area contributed by atoms with Crippen LogP contribution in [0.15, 0.2) is 83.3 Å². The van der Waals surface area contributed by atoms with Crippen molar-refractivity contribution in [3.8, 4) is 10.6 Å². The van der Waals surface area contributed by atoms with Crippen molar-refractivity contribution >= 4 is 82.8 Å². The maximum atomic E-state index is 11.4. The third-order valence-corrected chi connectivity index (χ3v) is 6.99. The van der Waals surface area contributed by atoms with Crippen molar-refractivity contribution < 1.29 is 33.7 Å². The molecule has 1 radical (unpaired) electrons. The van der Waals surface area contributed by atoms with Crippen LogP contribution in [0.5, 0.6) is 0 Å². The molecule has 2 atom stereocenters. The van der Waals surface area contributed by atoms with E-state index in [4.69, 9.17) is 27.8 Å². The number of aliphatic hydroxyl groups excluding tert-OH is 1. The molecule has 0 aliphatic rings. The summed E-state index contributed by atoms with van der Waals surface area (Å²) in [6, 6.07) is 19.3. The van der Waals surface area contributed by atoms with Crippen molar-refractivity contribution in [1.82, 2.24) is 4.98 Å². The maximum absolute atomic E-state index is 11.4. The number of hydrogen-bond acceptors (Lipinski definition) is 12. The molecule has 0 bridgehead atoms. The van der Waals surface area contributed by atoms with E-state index in [0.29, 0.717) is 29.7 Å². The van der Waals surface area contributed by atoms with Crippen LogP contribution in [0.3, 0.4) is 0 Å². The van der Waals surface area contributed by atoms with Crippen LogP contribution in [0.1, 0.15) is 49.9 Å². The summed E-state index contributed by atoms with van der Waals surface area (Å²) >= 11 is 12.3. The summed E-state index contributed by atoms with van der Waals surface area (Å²) in [4.78, 5) is 37.1. The predicted molar refractivity (Wildman–Crippen MR) is 195 cm³/mol. The van der Waals surface area contributed by atoms with E-state index in [2.05, 4.69) is 55.1 Å². The number of aromatic nitrogens is 1. The molecule has 2 aromatic carbocycles. The number of aliphatic hydroxyl groups is 1. The van der Waals surface area contributed by atoms with E-state index in [9.17, 15) is 14.4 Å². The third-order valence-electron chi connectivity index (χ3n) is 4.59. The van der Waals surface area contributed by atoms with Crippen LogP contribution in [0.4, 0.5) is 0 Å². The van der Waals surface area contributed by atoms with Crippen LogP contribution in [-0.2, 0) is 23.8 Å². The standard InChI is InChI=1S/C12H11NO2S.C7H7NS.C6H11BrO3.C6H10O2.BHNS/c1-2-15-12(14)10-8-13-11(16-10)9-6-4-3-5-7-9;8-7(9)6-4-2-1-3-5-6;1-3-10-6(9)5(7)4(2)8;1-3-5-6(7)8-4-2;1-2-3/h3-8H,2H2,1H3;1-5H,(H2,8,9);4-5,8H,3H2,1-2H3;3,5H,4H2,1-2H3;3H/b;;;5-3+;. The Balaban J connectivity index is 0. The summed E-state index contributed by atoms with van der Waals surface area (Å²) in [5, 5.41) is 9.71. The van der Waals surface area contributed by atoms with Crippen LogP contribution in [0, 0.1) is 0 Å². The Morgan fingerprint density at radius 3 is 1.96 bits per heavy atom. The second-order valence-electron chi connectivity index (χ2n) is 8.11. The number of esters is 3. The molecule has 0 saturated heterocycles. The monoisotopic (exact) mass is 752 g/mol. The summed E-state index contributed by atoms with van der Waals surface area (Å²) in [5.41, 5.74) is 7.29. The van der Waals surface area contributed by atoms with Gasteiger partial charge < -0.3 is 25.1 Å². The Kier molecular flexibility index (Phi) is 28.5. The third kappa shape index (κ3) is 22.3. The van der Waals surface area contributed by atoms with Crippen molar-refractivity contribution in [3.63, 3.8) is 0 Å². The Hall–Kier alpha value is -3.24. The average Bonchev–Trinajstić information content (AvgIpc) is 3.54. The van der Waals surface area contributed by atoms with Crippen molar-refractivity contribution in [2.75, 3.05) is 19.8 Å². The number of allylic oxidation sites excluding steroid dienone is 1. The van der Waals surface area contributed by atoms with E-state index in [1.54, 1.807) is 40.0 Å². The van der Waals surface area contributed by atoms with Gasteiger partial charge >= 0.3 is 42.7 Å². The molecular weight excluding hydrogens is 713 g/mol. The molecule has 3 rings (SSSR count). The summed E-state index contributed by atoms with van der Waals surface area (Å²) in [6.45, 7) is 9.76. The van der Waals surface area contributed by atoms with Crippen molar-refractivity contribution in [1.29, 1.82) is 0 Å². The number of thiol groups is 1. The molecule has 1 aromatic heterocycles. The molecule has 3 aromatic rings. The van der Waals surface area contributed by atoms with Crippen LogP contribution in [0.2, 0.25) is 0 Å². The fraction of sp³-hybridized carbons (Fsp3) is 0.323. The molecule has 1 heterocycles. The number of nitrogens with two attached hydrogens (primary N) is 1. The predicted octanol–water partition coefficient (Wildman–Crippen LogP) is 6.31. The molecule has 3 N–H and O–H groups in total. The van der Waals surface area contributed by atoms with E-state index in [1.165, 1.54) is 24.3 Å². The summed E-state index contributed by atoms with van der Waals surface area (Å²) in [5.74, 6) is -0.991. The molecular formula is C31H40BBrN3O7S3. The molecule has 0 aliphatic carbocycles. The van der Waals surface area contributed by atoms with Gasteiger partial charge in [-0.25, -0.2) is 14.6 Å². The van der Waals surface area contributed by atoms with Crippen LogP contribution < -0.4 is 5.73 Å². The number of halogens is 1. The number of thiocarbonyl (C=S) groups is 1. The Morgan fingerprint density at radius 2 is 1.54 bits per heavy atom. The molecule has 15 heteroatoms. The molecule has 46 heavy (non-hydrogen) atoms. The average molecular weight is 754 g/mol. The minimum absolute atomic E-state index is 0.269. The second-order valence-corrected chi connectivity index (χ2v) is 10.8. The summed E-state index contributed by atoms with van der Waals surface area (Å²) < 4.78 is 16.8. The minimum atomic E-state index is -0.709. The molecule has 0 spiro atoms. The van der Waals surface area contributed by atoms with Crippen molar-refractivity contribution in [2.24, 2.45) is 10.0 Å². The summed E-state index contributed by atoms with van der Waals surface area (Å²) in [6.07, 6.45) is 3.89. The number of hydrogen-bond donors (Lipinski definition) is 3.